The van der Waals surface area contributed by atoms with E-state index in [0.717, 1.165) is 5.69 Å². The van der Waals surface area contributed by atoms with Crippen LogP contribution in [0.25, 0.3) is 0 Å². The van der Waals surface area contributed by atoms with Gasteiger partial charge < -0.3 is 10.2 Å². The summed E-state index contributed by atoms with van der Waals surface area (Å²) >= 11 is 0. The maximum Gasteiger partial charge on any atom is 0.250 e. The Morgan fingerprint density at radius 1 is 1.37 bits per heavy atom. The van der Waals surface area contributed by atoms with Gasteiger partial charge in [-0.05, 0) is 17.5 Å². The van der Waals surface area contributed by atoms with Crippen LogP contribution in [0, 0.1) is 5.41 Å². The average molecular weight is 261 g/mol. The minimum atomic E-state index is -0.511. The quantitative estimate of drug-likeness (QED) is 0.830. The van der Waals surface area contributed by atoms with Crippen LogP contribution in [0.5, 0.6) is 0 Å². The minimum absolute atomic E-state index is 0.0775. The second-order valence-electron chi connectivity index (χ2n) is 5.82. The summed E-state index contributed by atoms with van der Waals surface area (Å²) in [5.74, 6) is -0.161. The molecule has 0 bridgehead atoms. The first-order chi connectivity index (χ1) is 8.89. The third-order valence-electron chi connectivity index (χ3n) is 3.20. The Morgan fingerprint density at radius 3 is 2.68 bits per heavy atom. The lowest BCUT2D eigenvalue weighted by Crippen LogP contribution is -2.52. The zero-order chi connectivity index (χ0) is 14.0. The number of rotatable bonds is 1. The van der Waals surface area contributed by atoms with Crippen LogP contribution in [-0.4, -0.2) is 29.4 Å². The van der Waals surface area contributed by atoms with E-state index in [1.165, 1.54) is 0 Å². The molecule has 1 aromatic rings. The van der Waals surface area contributed by atoms with Gasteiger partial charge in [-0.3, -0.25) is 14.6 Å². The molecule has 2 amide bonds. The summed E-state index contributed by atoms with van der Waals surface area (Å²) in [6.07, 6.45) is 3.62. The Kier molecular flexibility index (Phi) is 3.55. The molecule has 1 N–H and O–H groups in total. The molecule has 2 rings (SSSR count). The van der Waals surface area contributed by atoms with Crippen LogP contribution in [0.4, 0.5) is 5.69 Å². The van der Waals surface area contributed by atoms with E-state index in [1.807, 2.05) is 26.8 Å². The van der Waals surface area contributed by atoms with Gasteiger partial charge in [0.25, 0.3) is 0 Å². The maximum absolute atomic E-state index is 12.6. The van der Waals surface area contributed by atoms with Crippen LogP contribution in [-0.2, 0) is 9.59 Å². The van der Waals surface area contributed by atoms with Gasteiger partial charge in [0.05, 0.1) is 11.9 Å². The van der Waals surface area contributed by atoms with Gasteiger partial charge in [-0.2, -0.15) is 0 Å². The van der Waals surface area contributed by atoms with Crippen molar-refractivity contribution in [1.29, 1.82) is 0 Å². The predicted octanol–water partition coefficient (Wildman–Crippen LogP) is 1.35. The van der Waals surface area contributed by atoms with E-state index in [4.69, 9.17) is 0 Å². The fourth-order valence-corrected chi connectivity index (χ4v) is 2.13. The molecular formula is C14H19N3O2. The van der Waals surface area contributed by atoms with E-state index in [-0.39, 0.29) is 17.2 Å². The monoisotopic (exact) mass is 261 g/mol. The maximum atomic E-state index is 12.6. The number of nitrogens with zero attached hydrogens (tertiary/aromatic N) is 2. The number of anilines is 1. The van der Waals surface area contributed by atoms with Gasteiger partial charge in [0, 0.05) is 19.2 Å². The molecule has 0 saturated carbocycles. The van der Waals surface area contributed by atoms with E-state index >= 15 is 0 Å². The Hall–Kier alpha value is -1.91. The lowest BCUT2D eigenvalue weighted by atomic mass is 9.86. The second kappa shape index (κ2) is 4.99. The fraction of sp³-hybridized carbons (Fsp3) is 0.500. The van der Waals surface area contributed by atoms with E-state index in [9.17, 15) is 9.59 Å². The van der Waals surface area contributed by atoms with Gasteiger partial charge in [-0.25, -0.2) is 0 Å². The van der Waals surface area contributed by atoms with Gasteiger partial charge in [0.1, 0.15) is 6.04 Å². The van der Waals surface area contributed by atoms with E-state index in [1.54, 1.807) is 23.4 Å². The Bertz CT molecular complexity index is 479. The molecular weight excluding hydrogens is 242 g/mol. The Labute approximate surface area is 113 Å². The van der Waals surface area contributed by atoms with Gasteiger partial charge in [-0.15, -0.1) is 0 Å². The highest BCUT2D eigenvalue weighted by atomic mass is 16.2. The summed E-state index contributed by atoms with van der Waals surface area (Å²) in [6, 6.07) is 3.11. The van der Waals surface area contributed by atoms with Crippen molar-refractivity contribution in [2.24, 2.45) is 5.41 Å². The molecule has 19 heavy (non-hydrogen) atoms. The number of carbonyl (C=O) groups is 2. The van der Waals surface area contributed by atoms with E-state index in [0.29, 0.717) is 13.0 Å². The number of nitrogens with one attached hydrogen (secondary N) is 1. The first-order valence-electron chi connectivity index (χ1n) is 6.40. The number of hydrogen-bond donors (Lipinski definition) is 1. The normalized spacial score (nSPS) is 21.0. The molecule has 0 aliphatic carbocycles. The standard InChI is InChI=1S/C14H19N3O2/c1-14(2,3)12-13(19)17(8-6-11(18)16-12)10-5-4-7-15-9-10/h4-5,7,9,12H,6,8H2,1-3H3,(H,16,18). The van der Waals surface area contributed by atoms with Crippen LogP contribution in [0.15, 0.2) is 24.5 Å². The summed E-state index contributed by atoms with van der Waals surface area (Å²) < 4.78 is 0. The van der Waals surface area contributed by atoms with Crippen molar-refractivity contribution in [2.75, 3.05) is 11.4 Å². The zero-order valence-corrected chi connectivity index (χ0v) is 11.5. The molecule has 1 unspecified atom stereocenters. The van der Waals surface area contributed by atoms with Crippen molar-refractivity contribution in [3.05, 3.63) is 24.5 Å². The largest absolute Gasteiger partial charge is 0.344 e. The highest BCUT2D eigenvalue weighted by Gasteiger charge is 2.38. The second-order valence-corrected chi connectivity index (χ2v) is 5.82. The van der Waals surface area contributed by atoms with Crippen molar-refractivity contribution in [3.63, 3.8) is 0 Å². The van der Waals surface area contributed by atoms with Crippen LogP contribution in [0.2, 0.25) is 0 Å². The summed E-state index contributed by atoms with van der Waals surface area (Å²) in [6.45, 7) is 6.23. The lowest BCUT2D eigenvalue weighted by molar-refractivity contribution is -0.127. The van der Waals surface area contributed by atoms with Gasteiger partial charge in [0.15, 0.2) is 0 Å². The van der Waals surface area contributed by atoms with Crippen LogP contribution in [0.1, 0.15) is 27.2 Å². The zero-order valence-electron chi connectivity index (χ0n) is 11.5. The molecule has 0 spiro atoms. The smallest absolute Gasteiger partial charge is 0.250 e. The molecule has 102 valence electrons. The third-order valence-corrected chi connectivity index (χ3v) is 3.20. The van der Waals surface area contributed by atoms with Crippen LogP contribution >= 0.6 is 0 Å². The molecule has 5 nitrogen and oxygen atoms in total. The Balaban J connectivity index is 2.34. The third kappa shape index (κ3) is 2.92. The molecule has 1 saturated heterocycles. The topological polar surface area (TPSA) is 62.3 Å². The number of carbonyl (C=O) groups excluding carboxylic acids is 2. The molecule has 1 aromatic heterocycles. The first-order valence-corrected chi connectivity index (χ1v) is 6.40. The molecule has 1 aliphatic rings. The number of aromatic nitrogens is 1. The number of amides is 2. The molecule has 1 fully saturated rings. The molecule has 0 aromatic carbocycles. The molecule has 1 aliphatic heterocycles. The minimum Gasteiger partial charge on any atom is -0.344 e. The summed E-state index contributed by atoms with van der Waals surface area (Å²) in [5, 5.41) is 2.82. The summed E-state index contributed by atoms with van der Waals surface area (Å²) in [4.78, 5) is 30.1. The highest BCUT2D eigenvalue weighted by molar-refractivity contribution is 6.01. The molecule has 2 heterocycles. The first kappa shape index (κ1) is 13.5. The number of hydrogen-bond acceptors (Lipinski definition) is 3. The van der Waals surface area contributed by atoms with Crippen molar-refractivity contribution >= 4 is 17.5 Å². The SMILES string of the molecule is CC(C)(C)C1NC(=O)CCN(c2cccnc2)C1=O. The summed E-state index contributed by atoms with van der Waals surface area (Å²) in [5.41, 5.74) is 0.413. The van der Waals surface area contributed by atoms with Crippen molar-refractivity contribution in [3.8, 4) is 0 Å². The molecule has 5 heteroatoms. The van der Waals surface area contributed by atoms with Crippen molar-refractivity contribution < 1.29 is 9.59 Å². The van der Waals surface area contributed by atoms with Crippen molar-refractivity contribution in [1.82, 2.24) is 10.3 Å². The highest BCUT2D eigenvalue weighted by Crippen LogP contribution is 2.25. The number of pyridine rings is 1. The van der Waals surface area contributed by atoms with Crippen LogP contribution in [0.3, 0.4) is 0 Å². The van der Waals surface area contributed by atoms with E-state index < -0.39 is 6.04 Å². The van der Waals surface area contributed by atoms with Gasteiger partial charge >= 0.3 is 0 Å². The lowest BCUT2D eigenvalue weighted by Gasteiger charge is -2.32. The van der Waals surface area contributed by atoms with Gasteiger partial charge in [-0.1, -0.05) is 20.8 Å². The van der Waals surface area contributed by atoms with Crippen molar-refractivity contribution in [2.45, 2.75) is 33.2 Å². The summed E-state index contributed by atoms with van der Waals surface area (Å²) in [7, 11) is 0. The average Bonchev–Trinajstić information content (AvgIpc) is 2.50. The van der Waals surface area contributed by atoms with Crippen LogP contribution < -0.4 is 10.2 Å². The Morgan fingerprint density at radius 2 is 2.11 bits per heavy atom. The molecule has 0 radical (unpaired) electrons. The molecule has 1 atom stereocenters. The predicted molar refractivity (Wildman–Crippen MR) is 72.6 cm³/mol. The van der Waals surface area contributed by atoms with E-state index in [2.05, 4.69) is 10.3 Å². The fourth-order valence-electron chi connectivity index (χ4n) is 2.13. The van der Waals surface area contributed by atoms with Gasteiger partial charge in [0.2, 0.25) is 11.8 Å².